The highest BCUT2D eigenvalue weighted by Crippen LogP contribution is 2.29. The van der Waals surface area contributed by atoms with Gasteiger partial charge in [-0.15, -0.1) is 0 Å². The molecule has 0 atom stereocenters. The molecule has 0 radical (unpaired) electrons. The second-order valence-corrected chi connectivity index (χ2v) is 4.86. The van der Waals surface area contributed by atoms with Crippen molar-refractivity contribution >= 4 is 11.8 Å². The molecule has 0 aliphatic rings. The molecule has 2 amide bonds. The lowest BCUT2D eigenvalue weighted by Crippen LogP contribution is -2.42. The maximum Gasteiger partial charge on any atom is 0.416 e. The SMILES string of the molecule is O=C(Cc1cccc(C(F)(F)F)c1)NNC(=O)c1ccccc1F. The lowest BCUT2D eigenvalue weighted by molar-refractivity contribution is -0.137. The van der Waals surface area contributed by atoms with E-state index in [0.717, 1.165) is 18.2 Å². The summed E-state index contributed by atoms with van der Waals surface area (Å²) in [6.07, 6.45) is -4.88. The van der Waals surface area contributed by atoms with Crippen molar-refractivity contribution < 1.29 is 27.2 Å². The topological polar surface area (TPSA) is 58.2 Å². The highest BCUT2D eigenvalue weighted by molar-refractivity contribution is 5.95. The predicted molar refractivity (Wildman–Crippen MR) is 77.2 cm³/mol. The van der Waals surface area contributed by atoms with Gasteiger partial charge in [-0.25, -0.2) is 4.39 Å². The van der Waals surface area contributed by atoms with E-state index < -0.39 is 29.4 Å². The van der Waals surface area contributed by atoms with Crippen LogP contribution < -0.4 is 10.9 Å². The van der Waals surface area contributed by atoms with Gasteiger partial charge in [0.2, 0.25) is 5.91 Å². The van der Waals surface area contributed by atoms with Crippen LogP contribution in [0.15, 0.2) is 48.5 Å². The van der Waals surface area contributed by atoms with Gasteiger partial charge in [-0.2, -0.15) is 13.2 Å². The largest absolute Gasteiger partial charge is 0.416 e. The first kappa shape index (κ1) is 17.5. The fraction of sp³-hybridized carbons (Fsp3) is 0.125. The van der Waals surface area contributed by atoms with Gasteiger partial charge in [0.25, 0.3) is 5.91 Å². The Kier molecular flexibility index (Phi) is 5.18. The average molecular weight is 340 g/mol. The maximum atomic E-state index is 13.4. The Morgan fingerprint density at radius 3 is 2.33 bits per heavy atom. The van der Waals surface area contributed by atoms with Crippen molar-refractivity contribution in [2.24, 2.45) is 0 Å². The fourth-order valence-electron chi connectivity index (χ4n) is 1.93. The first-order chi connectivity index (χ1) is 11.3. The highest BCUT2D eigenvalue weighted by Gasteiger charge is 2.30. The number of amides is 2. The van der Waals surface area contributed by atoms with E-state index in [2.05, 4.69) is 0 Å². The van der Waals surface area contributed by atoms with Crippen molar-refractivity contribution in [3.8, 4) is 0 Å². The van der Waals surface area contributed by atoms with Crippen molar-refractivity contribution in [2.75, 3.05) is 0 Å². The molecule has 0 aromatic heterocycles. The fourth-order valence-corrected chi connectivity index (χ4v) is 1.93. The monoisotopic (exact) mass is 340 g/mol. The molecule has 2 N–H and O–H groups in total. The van der Waals surface area contributed by atoms with Crippen LogP contribution in [0.5, 0.6) is 0 Å². The van der Waals surface area contributed by atoms with Crippen LogP contribution in [0.3, 0.4) is 0 Å². The number of hydrogen-bond donors (Lipinski definition) is 2. The summed E-state index contributed by atoms with van der Waals surface area (Å²) in [4.78, 5) is 23.4. The zero-order valence-electron chi connectivity index (χ0n) is 12.2. The Morgan fingerprint density at radius 2 is 1.67 bits per heavy atom. The zero-order valence-corrected chi connectivity index (χ0v) is 12.2. The molecule has 0 spiro atoms. The van der Waals surface area contributed by atoms with E-state index in [0.29, 0.717) is 0 Å². The van der Waals surface area contributed by atoms with Gasteiger partial charge in [0.05, 0.1) is 17.5 Å². The minimum absolute atomic E-state index is 0.127. The molecule has 0 aliphatic carbocycles. The molecule has 2 aromatic carbocycles. The van der Waals surface area contributed by atoms with E-state index in [4.69, 9.17) is 0 Å². The van der Waals surface area contributed by atoms with E-state index in [1.54, 1.807) is 0 Å². The molecule has 24 heavy (non-hydrogen) atoms. The summed E-state index contributed by atoms with van der Waals surface area (Å²) in [5.74, 6) is -2.37. The molecule has 0 saturated heterocycles. The number of hydrogen-bond acceptors (Lipinski definition) is 2. The summed E-state index contributed by atoms with van der Waals surface area (Å²) in [7, 11) is 0. The number of nitrogens with one attached hydrogen (secondary N) is 2. The van der Waals surface area contributed by atoms with Crippen molar-refractivity contribution in [3.63, 3.8) is 0 Å². The number of alkyl halides is 3. The summed E-state index contributed by atoms with van der Waals surface area (Å²) in [5.41, 5.74) is 3.02. The molecule has 2 aromatic rings. The molecule has 0 unspecified atom stereocenters. The van der Waals surface area contributed by atoms with Crippen LogP contribution in [0.2, 0.25) is 0 Å². The van der Waals surface area contributed by atoms with Crippen LogP contribution >= 0.6 is 0 Å². The van der Waals surface area contributed by atoms with E-state index in [1.165, 1.54) is 30.3 Å². The Labute approximate surface area is 134 Å². The number of carbonyl (C=O) groups excluding carboxylic acids is 2. The number of rotatable bonds is 3. The van der Waals surface area contributed by atoms with Crippen molar-refractivity contribution in [1.29, 1.82) is 0 Å². The Morgan fingerprint density at radius 1 is 0.958 bits per heavy atom. The minimum Gasteiger partial charge on any atom is -0.273 e. The van der Waals surface area contributed by atoms with Crippen LogP contribution in [-0.4, -0.2) is 11.8 Å². The van der Waals surface area contributed by atoms with Crippen LogP contribution in [0.25, 0.3) is 0 Å². The number of hydrazine groups is 1. The van der Waals surface area contributed by atoms with Gasteiger partial charge in [-0.05, 0) is 23.8 Å². The summed E-state index contributed by atoms with van der Waals surface area (Å²) >= 11 is 0. The molecule has 4 nitrogen and oxygen atoms in total. The molecule has 0 aliphatic heterocycles. The van der Waals surface area contributed by atoms with Gasteiger partial charge in [0.1, 0.15) is 5.82 Å². The summed E-state index contributed by atoms with van der Waals surface area (Å²) in [5, 5.41) is 0. The molecule has 0 heterocycles. The van der Waals surface area contributed by atoms with Crippen molar-refractivity contribution in [1.82, 2.24) is 10.9 Å². The van der Waals surface area contributed by atoms with Gasteiger partial charge in [0.15, 0.2) is 0 Å². The minimum atomic E-state index is -4.51. The molecule has 0 saturated carbocycles. The standard InChI is InChI=1S/C16H12F4N2O2/c17-13-7-2-1-6-12(13)15(24)22-21-14(23)9-10-4-3-5-11(8-10)16(18,19)20/h1-8H,9H2,(H,21,23)(H,22,24). The summed E-state index contributed by atoms with van der Waals surface area (Å²) in [6, 6.07) is 9.43. The Bertz CT molecular complexity index is 760. The van der Waals surface area contributed by atoms with Crippen LogP contribution in [0.4, 0.5) is 17.6 Å². The van der Waals surface area contributed by atoms with Gasteiger partial charge >= 0.3 is 6.18 Å². The molecule has 0 bridgehead atoms. The van der Waals surface area contributed by atoms with Crippen LogP contribution in [0.1, 0.15) is 21.5 Å². The average Bonchev–Trinajstić information content (AvgIpc) is 2.52. The third-order valence-electron chi connectivity index (χ3n) is 3.05. The molecule has 2 rings (SSSR count). The number of carbonyl (C=O) groups is 2. The third-order valence-corrected chi connectivity index (χ3v) is 3.05. The summed E-state index contributed by atoms with van der Waals surface area (Å²) in [6.45, 7) is 0. The molecule has 126 valence electrons. The normalized spacial score (nSPS) is 11.0. The second kappa shape index (κ2) is 7.12. The molecular weight excluding hydrogens is 328 g/mol. The van der Waals surface area contributed by atoms with Crippen molar-refractivity contribution in [2.45, 2.75) is 12.6 Å². The van der Waals surface area contributed by atoms with Gasteiger partial charge < -0.3 is 0 Å². The second-order valence-electron chi connectivity index (χ2n) is 4.86. The van der Waals surface area contributed by atoms with Crippen LogP contribution in [0, 0.1) is 5.82 Å². The quantitative estimate of drug-likeness (QED) is 0.667. The zero-order chi connectivity index (χ0) is 17.7. The lowest BCUT2D eigenvalue weighted by Gasteiger charge is -2.10. The first-order valence-corrected chi connectivity index (χ1v) is 6.77. The van der Waals surface area contributed by atoms with Crippen LogP contribution in [-0.2, 0) is 17.4 Å². The molecule has 8 heteroatoms. The van der Waals surface area contributed by atoms with Gasteiger partial charge in [-0.3, -0.25) is 20.4 Å². The maximum absolute atomic E-state index is 13.4. The van der Waals surface area contributed by atoms with Crippen molar-refractivity contribution in [3.05, 3.63) is 71.0 Å². The highest BCUT2D eigenvalue weighted by atomic mass is 19.4. The van der Waals surface area contributed by atoms with Gasteiger partial charge in [-0.1, -0.05) is 30.3 Å². The Balaban J connectivity index is 1.95. The third kappa shape index (κ3) is 4.55. The van der Waals surface area contributed by atoms with E-state index in [9.17, 15) is 27.2 Å². The lowest BCUT2D eigenvalue weighted by atomic mass is 10.1. The molecular formula is C16H12F4N2O2. The van der Waals surface area contributed by atoms with E-state index >= 15 is 0 Å². The van der Waals surface area contributed by atoms with Gasteiger partial charge in [0, 0.05) is 0 Å². The van der Waals surface area contributed by atoms with E-state index in [1.807, 2.05) is 10.9 Å². The number of halogens is 4. The summed E-state index contributed by atoms with van der Waals surface area (Å²) < 4.78 is 51.2. The first-order valence-electron chi connectivity index (χ1n) is 6.77. The van der Waals surface area contributed by atoms with E-state index in [-0.39, 0.29) is 17.5 Å². The smallest absolute Gasteiger partial charge is 0.273 e. The molecule has 0 fully saturated rings. The predicted octanol–water partition coefficient (Wildman–Crippen LogP) is 2.85. The number of benzene rings is 2. The Hall–Kier alpha value is -2.90.